The van der Waals surface area contributed by atoms with Crippen LogP contribution in [-0.2, 0) is 24.2 Å². The van der Waals surface area contributed by atoms with Gasteiger partial charge in [-0.3, -0.25) is 14.7 Å². The summed E-state index contributed by atoms with van der Waals surface area (Å²) in [5, 5.41) is 9.96. The number of ketones is 1. The molecule has 6 nitrogen and oxygen atoms in total. The van der Waals surface area contributed by atoms with Gasteiger partial charge < -0.3 is 9.73 Å². The minimum Gasteiger partial charge on any atom is -0.465 e. The maximum Gasteiger partial charge on any atom is 0.224 e. The van der Waals surface area contributed by atoms with E-state index < -0.39 is 0 Å². The molecule has 1 aliphatic rings. The predicted molar refractivity (Wildman–Crippen MR) is 93.5 cm³/mol. The van der Waals surface area contributed by atoms with E-state index in [1.807, 2.05) is 20.8 Å². The van der Waals surface area contributed by atoms with Crippen LogP contribution in [0.5, 0.6) is 0 Å². The second-order valence-electron chi connectivity index (χ2n) is 7.74. The van der Waals surface area contributed by atoms with Crippen LogP contribution in [0.2, 0.25) is 0 Å². The van der Waals surface area contributed by atoms with Crippen LogP contribution in [0, 0.1) is 26.2 Å². The van der Waals surface area contributed by atoms with Crippen molar-refractivity contribution in [2.75, 3.05) is 0 Å². The molecule has 0 saturated heterocycles. The lowest BCUT2D eigenvalue weighted by Gasteiger charge is -2.27. The molecule has 1 aliphatic carbocycles. The van der Waals surface area contributed by atoms with E-state index in [9.17, 15) is 9.59 Å². The molecule has 0 radical (unpaired) electrons. The number of hydrogen-bond acceptors (Lipinski definition) is 4. The third kappa shape index (κ3) is 3.38. The normalized spacial score (nSPS) is 16.0. The maximum absolute atomic E-state index is 12.5. The number of nitrogens with zero attached hydrogens (tertiary/aromatic N) is 1. The van der Waals surface area contributed by atoms with Gasteiger partial charge in [-0.2, -0.15) is 5.10 Å². The highest BCUT2D eigenvalue weighted by Crippen LogP contribution is 2.38. The third-order valence-corrected chi connectivity index (χ3v) is 4.92. The van der Waals surface area contributed by atoms with Crippen molar-refractivity contribution in [3.8, 4) is 0 Å². The number of nitrogens with one attached hydrogen (secondary N) is 2. The Labute approximate surface area is 147 Å². The lowest BCUT2D eigenvalue weighted by Crippen LogP contribution is -2.28. The summed E-state index contributed by atoms with van der Waals surface area (Å²) in [6.07, 6.45) is 1.37. The second kappa shape index (κ2) is 6.17. The highest BCUT2D eigenvalue weighted by Gasteiger charge is 2.36. The number of aromatic nitrogens is 2. The van der Waals surface area contributed by atoms with Crippen LogP contribution in [0.25, 0.3) is 0 Å². The fraction of sp³-hybridized carbons (Fsp3) is 0.526. The molecule has 0 aliphatic heterocycles. The lowest BCUT2D eigenvalue weighted by molar-refractivity contribution is -0.120. The first-order chi connectivity index (χ1) is 11.7. The summed E-state index contributed by atoms with van der Waals surface area (Å²) < 4.78 is 5.82. The molecule has 3 rings (SSSR count). The van der Waals surface area contributed by atoms with Crippen molar-refractivity contribution in [2.24, 2.45) is 5.41 Å². The van der Waals surface area contributed by atoms with E-state index in [1.165, 1.54) is 0 Å². The van der Waals surface area contributed by atoms with Crippen molar-refractivity contribution in [1.29, 1.82) is 0 Å². The molecule has 2 aromatic rings. The Morgan fingerprint density at radius 2 is 1.96 bits per heavy atom. The molecule has 2 aromatic heterocycles. The number of Topliss-reactive ketones (excluding diaryl/α,β-unsaturated/α-hetero) is 1. The molecule has 0 bridgehead atoms. The Bertz CT molecular complexity index is 823. The number of carbonyl (C=O) groups is 2. The molecular weight excluding hydrogens is 318 g/mol. The number of aromatic amines is 1. The van der Waals surface area contributed by atoms with Crippen LogP contribution in [0.1, 0.15) is 64.7 Å². The monoisotopic (exact) mass is 343 g/mol. The predicted octanol–water partition coefficient (Wildman–Crippen LogP) is 2.94. The first kappa shape index (κ1) is 17.5. The van der Waals surface area contributed by atoms with Crippen molar-refractivity contribution < 1.29 is 14.0 Å². The van der Waals surface area contributed by atoms with Gasteiger partial charge in [0.2, 0.25) is 5.91 Å². The Kier molecular flexibility index (Phi) is 4.31. The van der Waals surface area contributed by atoms with Crippen molar-refractivity contribution in [1.82, 2.24) is 15.5 Å². The molecule has 0 aromatic carbocycles. The zero-order valence-electron chi connectivity index (χ0n) is 15.5. The zero-order valence-corrected chi connectivity index (χ0v) is 15.5. The standard InChI is InChI=1S/C19H25N3O3/c1-10-14(11(2)22-21-10)9-20-17(24)6-13-12(3)25-16-8-19(4,5)7-15(23)18(13)16/h6-9H2,1-5H3,(H,20,24)(H,21,22). The Hall–Kier alpha value is -2.37. The summed E-state index contributed by atoms with van der Waals surface area (Å²) in [5.74, 6) is 1.35. The Morgan fingerprint density at radius 1 is 1.24 bits per heavy atom. The summed E-state index contributed by atoms with van der Waals surface area (Å²) in [6, 6.07) is 0. The highest BCUT2D eigenvalue weighted by atomic mass is 16.3. The van der Waals surface area contributed by atoms with E-state index in [4.69, 9.17) is 4.42 Å². The van der Waals surface area contributed by atoms with Gasteiger partial charge in [0.25, 0.3) is 0 Å². The second-order valence-corrected chi connectivity index (χ2v) is 7.74. The van der Waals surface area contributed by atoms with Crippen molar-refractivity contribution in [3.05, 3.63) is 39.6 Å². The van der Waals surface area contributed by atoms with E-state index in [1.54, 1.807) is 0 Å². The summed E-state index contributed by atoms with van der Waals surface area (Å²) in [7, 11) is 0. The van der Waals surface area contributed by atoms with Crippen LogP contribution >= 0.6 is 0 Å². The molecule has 0 atom stereocenters. The van der Waals surface area contributed by atoms with Crippen LogP contribution < -0.4 is 5.32 Å². The molecule has 0 unspecified atom stereocenters. The maximum atomic E-state index is 12.5. The average Bonchev–Trinajstić information content (AvgIpc) is 2.96. The van der Waals surface area contributed by atoms with Crippen LogP contribution in [-0.4, -0.2) is 21.9 Å². The number of hydrogen-bond donors (Lipinski definition) is 2. The topological polar surface area (TPSA) is 88.0 Å². The van der Waals surface area contributed by atoms with Crippen LogP contribution in [0.4, 0.5) is 0 Å². The van der Waals surface area contributed by atoms with E-state index in [-0.39, 0.29) is 23.5 Å². The fourth-order valence-corrected chi connectivity index (χ4v) is 3.57. The lowest BCUT2D eigenvalue weighted by atomic mass is 9.75. The molecule has 134 valence electrons. The van der Waals surface area contributed by atoms with Gasteiger partial charge in [-0.25, -0.2) is 0 Å². The van der Waals surface area contributed by atoms with Gasteiger partial charge in [0, 0.05) is 36.2 Å². The van der Waals surface area contributed by atoms with Gasteiger partial charge in [0.05, 0.1) is 17.7 Å². The minimum atomic E-state index is -0.121. The van der Waals surface area contributed by atoms with Gasteiger partial charge in [0.15, 0.2) is 5.78 Å². The number of carbonyl (C=O) groups excluding carboxylic acids is 2. The van der Waals surface area contributed by atoms with Crippen molar-refractivity contribution in [2.45, 2.75) is 60.4 Å². The number of H-pyrrole nitrogens is 1. The first-order valence-corrected chi connectivity index (χ1v) is 8.59. The number of rotatable bonds is 4. The van der Waals surface area contributed by atoms with E-state index in [0.29, 0.717) is 24.3 Å². The van der Waals surface area contributed by atoms with Crippen molar-refractivity contribution in [3.63, 3.8) is 0 Å². The molecule has 0 fully saturated rings. The van der Waals surface area contributed by atoms with Gasteiger partial charge in [-0.15, -0.1) is 0 Å². The zero-order chi connectivity index (χ0) is 18.4. The van der Waals surface area contributed by atoms with Gasteiger partial charge >= 0.3 is 0 Å². The molecule has 6 heteroatoms. The van der Waals surface area contributed by atoms with Crippen LogP contribution in [0.15, 0.2) is 4.42 Å². The average molecular weight is 343 g/mol. The van der Waals surface area contributed by atoms with Crippen molar-refractivity contribution >= 4 is 11.7 Å². The fourth-order valence-electron chi connectivity index (χ4n) is 3.57. The van der Waals surface area contributed by atoms with Gasteiger partial charge in [-0.1, -0.05) is 13.8 Å². The number of amides is 1. The molecule has 0 spiro atoms. The summed E-state index contributed by atoms with van der Waals surface area (Å²) in [6.45, 7) is 10.2. The van der Waals surface area contributed by atoms with Gasteiger partial charge in [0.1, 0.15) is 11.5 Å². The number of aryl methyl sites for hydroxylation is 3. The third-order valence-electron chi connectivity index (χ3n) is 4.92. The Morgan fingerprint density at radius 3 is 2.60 bits per heavy atom. The molecule has 1 amide bonds. The van der Waals surface area contributed by atoms with Crippen LogP contribution in [0.3, 0.4) is 0 Å². The molecule has 25 heavy (non-hydrogen) atoms. The summed E-state index contributed by atoms with van der Waals surface area (Å²) in [4.78, 5) is 25.0. The molecular formula is C19H25N3O3. The molecule has 2 heterocycles. The summed E-state index contributed by atoms with van der Waals surface area (Å²) >= 11 is 0. The molecule has 0 saturated carbocycles. The Balaban J connectivity index is 1.74. The SMILES string of the molecule is Cc1n[nH]c(C)c1CNC(=O)Cc1c(C)oc2c1C(=O)CC(C)(C)C2. The first-order valence-electron chi connectivity index (χ1n) is 8.59. The largest absolute Gasteiger partial charge is 0.465 e. The minimum absolute atomic E-state index is 0.0763. The quantitative estimate of drug-likeness (QED) is 0.893. The summed E-state index contributed by atoms with van der Waals surface area (Å²) in [5.41, 5.74) is 4.09. The smallest absolute Gasteiger partial charge is 0.224 e. The number of fused-ring (bicyclic) bond motifs is 1. The number of furan rings is 1. The molecule has 2 N–H and O–H groups in total. The highest BCUT2D eigenvalue weighted by molar-refractivity contribution is 6.01. The van der Waals surface area contributed by atoms with E-state index >= 15 is 0 Å². The van der Waals surface area contributed by atoms with E-state index in [0.717, 1.165) is 34.7 Å². The van der Waals surface area contributed by atoms with E-state index in [2.05, 4.69) is 29.4 Å². The van der Waals surface area contributed by atoms with Gasteiger partial charge in [-0.05, 0) is 26.2 Å².